The SMILES string of the molecule is CCCCCCC1(CC)C(C)C1C. The van der Waals surface area contributed by atoms with Crippen LogP contribution in [-0.4, -0.2) is 0 Å². The van der Waals surface area contributed by atoms with Crippen molar-refractivity contribution in [1.82, 2.24) is 0 Å². The maximum Gasteiger partial charge on any atom is -0.0243 e. The van der Waals surface area contributed by atoms with Gasteiger partial charge in [0.2, 0.25) is 0 Å². The molecule has 0 amide bonds. The average molecular weight is 182 g/mol. The second-order valence-corrected chi connectivity index (χ2v) is 4.97. The van der Waals surface area contributed by atoms with E-state index in [1.807, 2.05) is 0 Å². The molecule has 0 heterocycles. The molecule has 0 spiro atoms. The molecule has 0 bridgehead atoms. The molecular formula is C13H26. The normalized spacial score (nSPS) is 37.8. The molecule has 0 aliphatic heterocycles. The third kappa shape index (κ3) is 2.08. The molecule has 1 saturated carbocycles. The van der Waals surface area contributed by atoms with Crippen LogP contribution in [0.5, 0.6) is 0 Å². The predicted molar refractivity (Wildman–Crippen MR) is 59.8 cm³/mol. The Balaban J connectivity index is 2.19. The minimum Gasteiger partial charge on any atom is -0.0654 e. The Hall–Kier alpha value is 0. The minimum atomic E-state index is 0.758. The molecule has 78 valence electrons. The van der Waals surface area contributed by atoms with E-state index in [0.29, 0.717) is 0 Å². The van der Waals surface area contributed by atoms with Crippen molar-refractivity contribution in [2.75, 3.05) is 0 Å². The van der Waals surface area contributed by atoms with E-state index in [-0.39, 0.29) is 0 Å². The van der Waals surface area contributed by atoms with Crippen molar-refractivity contribution in [3.05, 3.63) is 0 Å². The molecule has 1 fully saturated rings. The number of hydrogen-bond acceptors (Lipinski definition) is 0. The summed E-state index contributed by atoms with van der Waals surface area (Å²) in [5, 5.41) is 0. The van der Waals surface area contributed by atoms with E-state index in [9.17, 15) is 0 Å². The monoisotopic (exact) mass is 182 g/mol. The topological polar surface area (TPSA) is 0 Å². The summed E-state index contributed by atoms with van der Waals surface area (Å²) < 4.78 is 0. The second kappa shape index (κ2) is 4.48. The van der Waals surface area contributed by atoms with Crippen LogP contribution in [0.4, 0.5) is 0 Å². The fourth-order valence-corrected chi connectivity index (χ4v) is 3.11. The molecule has 2 atom stereocenters. The van der Waals surface area contributed by atoms with Crippen LogP contribution in [0.2, 0.25) is 0 Å². The Kier molecular flexibility index (Phi) is 3.82. The van der Waals surface area contributed by atoms with Crippen molar-refractivity contribution in [2.24, 2.45) is 17.3 Å². The van der Waals surface area contributed by atoms with Crippen LogP contribution in [0.3, 0.4) is 0 Å². The Labute approximate surface area is 84.1 Å². The zero-order valence-corrected chi connectivity index (χ0v) is 9.90. The molecular weight excluding hydrogens is 156 g/mol. The summed E-state index contributed by atoms with van der Waals surface area (Å²) in [5.41, 5.74) is 0.758. The zero-order valence-electron chi connectivity index (χ0n) is 9.90. The van der Waals surface area contributed by atoms with E-state index >= 15 is 0 Å². The van der Waals surface area contributed by atoms with Gasteiger partial charge in [-0.1, -0.05) is 53.4 Å². The van der Waals surface area contributed by atoms with Crippen LogP contribution >= 0.6 is 0 Å². The van der Waals surface area contributed by atoms with Gasteiger partial charge in [0, 0.05) is 0 Å². The van der Waals surface area contributed by atoms with Crippen molar-refractivity contribution in [3.8, 4) is 0 Å². The molecule has 0 heteroatoms. The molecule has 0 aromatic rings. The van der Waals surface area contributed by atoms with E-state index in [4.69, 9.17) is 0 Å². The summed E-state index contributed by atoms with van der Waals surface area (Å²) >= 11 is 0. The van der Waals surface area contributed by atoms with Crippen molar-refractivity contribution in [2.45, 2.75) is 66.2 Å². The summed E-state index contributed by atoms with van der Waals surface area (Å²) in [4.78, 5) is 0. The van der Waals surface area contributed by atoms with Crippen molar-refractivity contribution in [3.63, 3.8) is 0 Å². The van der Waals surface area contributed by atoms with Crippen LogP contribution in [0, 0.1) is 17.3 Å². The van der Waals surface area contributed by atoms with Gasteiger partial charge in [0.15, 0.2) is 0 Å². The minimum absolute atomic E-state index is 0.758. The van der Waals surface area contributed by atoms with Gasteiger partial charge in [0.1, 0.15) is 0 Å². The van der Waals surface area contributed by atoms with E-state index in [2.05, 4.69) is 27.7 Å². The number of unbranched alkanes of at least 4 members (excludes halogenated alkanes) is 3. The Morgan fingerprint density at radius 3 is 1.92 bits per heavy atom. The Morgan fingerprint density at radius 1 is 0.923 bits per heavy atom. The van der Waals surface area contributed by atoms with Crippen molar-refractivity contribution in [1.29, 1.82) is 0 Å². The highest BCUT2D eigenvalue weighted by molar-refractivity contribution is 5.04. The van der Waals surface area contributed by atoms with E-state index in [1.165, 1.54) is 38.5 Å². The lowest BCUT2D eigenvalue weighted by Gasteiger charge is -2.14. The Bertz CT molecular complexity index is 140. The largest absolute Gasteiger partial charge is 0.0654 e. The quantitative estimate of drug-likeness (QED) is 0.525. The molecule has 0 saturated heterocycles. The molecule has 0 N–H and O–H groups in total. The van der Waals surface area contributed by atoms with Crippen LogP contribution in [0.25, 0.3) is 0 Å². The number of hydrogen-bond donors (Lipinski definition) is 0. The molecule has 0 aromatic carbocycles. The molecule has 0 aromatic heterocycles. The van der Waals surface area contributed by atoms with E-state index in [0.717, 1.165) is 17.3 Å². The van der Waals surface area contributed by atoms with E-state index in [1.54, 1.807) is 0 Å². The molecule has 1 aliphatic rings. The predicted octanol–water partition coefficient (Wildman–Crippen LogP) is 4.64. The first-order valence-electron chi connectivity index (χ1n) is 6.19. The number of rotatable bonds is 6. The first kappa shape index (κ1) is 11.1. The van der Waals surface area contributed by atoms with Gasteiger partial charge in [-0.3, -0.25) is 0 Å². The average Bonchev–Trinajstić information content (AvgIpc) is 2.66. The summed E-state index contributed by atoms with van der Waals surface area (Å²) in [6, 6.07) is 0. The summed E-state index contributed by atoms with van der Waals surface area (Å²) in [6.45, 7) is 9.54. The highest BCUT2D eigenvalue weighted by Crippen LogP contribution is 2.63. The lowest BCUT2D eigenvalue weighted by molar-refractivity contribution is 0.371. The summed E-state index contributed by atoms with van der Waals surface area (Å²) in [5.74, 6) is 2.00. The maximum absolute atomic E-state index is 2.44. The van der Waals surface area contributed by atoms with Gasteiger partial charge < -0.3 is 0 Å². The standard InChI is InChI=1S/C13H26/c1-5-7-8-9-10-13(6-2)11(3)12(13)4/h11-12H,5-10H2,1-4H3. The molecule has 13 heavy (non-hydrogen) atoms. The van der Waals surface area contributed by atoms with Crippen molar-refractivity contribution >= 4 is 0 Å². The van der Waals surface area contributed by atoms with Gasteiger partial charge in [-0.15, -0.1) is 0 Å². The molecule has 0 nitrogen and oxygen atoms in total. The second-order valence-electron chi connectivity index (χ2n) is 4.97. The smallest absolute Gasteiger partial charge is 0.0243 e. The summed E-state index contributed by atoms with van der Waals surface area (Å²) in [7, 11) is 0. The van der Waals surface area contributed by atoms with Gasteiger partial charge >= 0.3 is 0 Å². The third-order valence-corrected chi connectivity index (χ3v) is 4.61. The van der Waals surface area contributed by atoms with Crippen LogP contribution in [0.1, 0.15) is 66.2 Å². The fourth-order valence-electron chi connectivity index (χ4n) is 3.11. The maximum atomic E-state index is 2.44. The Morgan fingerprint density at radius 2 is 1.54 bits per heavy atom. The highest BCUT2D eigenvalue weighted by Gasteiger charge is 2.56. The lowest BCUT2D eigenvalue weighted by Crippen LogP contribution is -2.02. The first-order valence-corrected chi connectivity index (χ1v) is 6.19. The lowest BCUT2D eigenvalue weighted by atomic mass is 9.91. The molecule has 2 unspecified atom stereocenters. The fraction of sp³-hybridized carbons (Fsp3) is 1.00. The van der Waals surface area contributed by atoms with Gasteiger partial charge in [0.25, 0.3) is 0 Å². The van der Waals surface area contributed by atoms with Gasteiger partial charge in [-0.05, 0) is 30.1 Å². The molecule has 0 radical (unpaired) electrons. The summed E-state index contributed by atoms with van der Waals surface area (Å²) in [6.07, 6.45) is 8.62. The van der Waals surface area contributed by atoms with Crippen LogP contribution in [0.15, 0.2) is 0 Å². The van der Waals surface area contributed by atoms with Crippen LogP contribution < -0.4 is 0 Å². The van der Waals surface area contributed by atoms with Gasteiger partial charge in [-0.25, -0.2) is 0 Å². The van der Waals surface area contributed by atoms with E-state index < -0.39 is 0 Å². The highest BCUT2D eigenvalue weighted by atomic mass is 14.6. The van der Waals surface area contributed by atoms with Crippen LogP contribution in [-0.2, 0) is 0 Å². The molecule has 1 aliphatic carbocycles. The van der Waals surface area contributed by atoms with Gasteiger partial charge in [-0.2, -0.15) is 0 Å². The van der Waals surface area contributed by atoms with Gasteiger partial charge in [0.05, 0.1) is 0 Å². The first-order chi connectivity index (χ1) is 6.19. The zero-order chi connectivity index (χ0) is 9.90. The third-order valence-electron chi connectivity index (χ3n) is 4.61. The molecule has 1 rings (SSSR count). The van der Waals surface area contributed by atoms with Crippen molar-refractivity contribution < 1.29 is 0 Å².